The molecule has 20 heavy (non-hydrogen) atoms. The van der Waals surface area contributed by atoms with Crippen molar-refractivity contribution < 1.29 is 4.42 Å². The molecule has 0 saturated carbocycles. The normalized spacial score (nSPS) is 11.2. The predicted octanol–water partition coefficient (Wildman–Crippen LogP) is 3.77. The van der Waals surface area contributed by atoms with Crippen LogP contribution in [0.5, 0.6) is 0 Å². The Labute approximate surface area is 122 Å². The predicted molar refractivity (Wildman–Crippen MR) is 76.8 cm³/mol. The van der Waals surface area contributed by atoms with E-state index in [9.17, 15) is 0 Å². The van der Waals surface area contributed by atoms with Crippen molar-refractivity contribution in [2.45, 2.75) is 0 Å². The van der Waals surface area contributed by atoms with Crippen molar-refractivity contribution in [2.24, 2.45) is 0 Å². The van der Waals surface area contributed by atoms with Gasteiger partial charge in [-0.05, 0) is 24.3 Å². The first kappa shape index (κ1) is 11.6. The summed E-state index contributed by atoms with van der Waals surface area (Å²) < 4.78 is 7.03. The van der Waals surface area contributed by atoms with E-state index in [1.807, 2.05) is 36.4 Å². The number of furan rings is 1. The van der Waals surface area contributed by atoms with Crippen LogP contribution in [0, 0.1) is 0 Å². The Morgan fingerprint density at radius 1 is 1.10 bits per heavy atom. The van der Waals surface area contributed by atoms with E-state index in [-0.39, 0.29) is 0 Å². The van der Waals surface area contributed by atoms with Crippen molar-refractivity contribution in [1.29, 1.82) is 0 Å². The third kappa shape index (κ3) is 1.81. The van der Waals surface area contributed by atoms with E-state index < -0.39 is 0 Å². The molecule has 4 aromatic rings. The molecule has 5 nitrogen and oxygen atoms in total. The Morgan fingerprint density at radius 2 is 1.95 bits per heavy atom. The lowest BCUT2D eigenvalue weighted by Gasteiger charge is -1.95. The van der Waals surface area contributed by atoms with Crippen LogP contribution in [0.15, 0.2) is 47.1 Å². The summed E-state index contributed by atoms with van der Waals surface area (Å²) in [6.07, 6.45) is 1.60. The van der Waals surface area contributed by atoms with Crippen LogP contribution in [-0.4, -0.2) is 19.8 Å². The Kier molecular flexibility index (Phi) is 2.58. The van der Waals surface area contributed by atoms with Crippen LogP contribution in [0.4, 0.5) is 0 Å². The summed E-state index contributed by atoms with van der Waals surface area (Å²) in [7, 11) is 0. The molecule has 0 spiro atoms. The Balaban J connectivity index is 1.85. The molecular weight excluding hydrogens is 296 g/mol. The average Bonchev–Trinajstić information content (AvgIpc) is 3.15. The van der Waals surface area contributed by atoms with E-state index in [1.54, 1.807) is 10.8 Å². The average molecular weight is 303 g/mol. The van der Waals surface area contributed by atoms with Gasteiger partial charge in [-0.3, -0.25) is 0 Å². The van der Waals surface area contributed by atoms with Gasteiger partial charge in [0.25, 0.3) is 0 Å². The molecule has 0 unspecified atom stereocenters. The van der Waals surface area contributed by atoms with E-state index >= 15 is 0 Å². The molecule has 0 aliphatic heterocycles. The van der Waals surface area contributed by atoms with Crippen LogP contribution in [0.2, 0.25) is 5.02 Å². The number of aromatic nitrogens is 4. The summed E-state index contributed by atoms with van der Waals surface area (Å²) in [5.74, 6) is 1.24. The summed E-state index contributed by atoms with van der Waals surface area (Å²) >= 11 is 7.36. The Morgan fingerprint density at radius 3 is 2.70 bits per heavy atom. The number of hydrogen-bond acceptors (Lipinski definition) is 5. The molecule has 0 amide bonds. The van der Waals surface area contributed by atoms with Gasteiger partial charge in [-0.15, -0.1) is 10.2 Å². The number of halogens is 1. The molecule has 0 saturated heterocycles. The molecule has 1 aromatic carbocycles. The smallest absolute Gasteiger partial charge is 0.235 e. The van der Waals surface area contributed by atoms with Crippen molar-refractivity contribution in [3.63, 3.8) is 0 Å². The number of benzene rings is 1. The zero-order valence-electron chi connectivity index (χ0n) is 10.0. The summed E-state index contributed by atoms with van der Waals surface area (Å²) in [5, 5.41) is 14.3. The number of nitrogens with zero attached hydrogens (tertiary/aromatic N) is 4. The summed E-state index contributed by atoms with van der Waals surface area (Å²) in [5.41, 5.74) is 0.996. The summed E-state index contributed by atoms with van der Waals surface area (Å²) in [6, 6.07) is 11.2. The van der Waals surface area contributed by atoms with Crippen molar-refractivity contribution >= 4 is 27.9 Å². The highest BCUT2D eigenvalue weighted by Crippen LogP contribution is 2.28. The molecule has 0 aliphatic carbocycles. The molecule has 4 rings (SSSR count). The topological polar surface area (TPSA) is 56.2 Å². The van der Waals surface area contributed by atoms with Crippen molar-refractivity contribution in [2.75, 3.05) is 0 Å². The highest BCUT2D eigenvalue weighted by atomic mass is 35.5. The minimum absolute atomic E-state index is 0.599. The molecular formula is C13H7ClN4OS. The highest BCUT2D eigenvalue weighted by molar-refractivity contribution is 7.19. The molecule has 0 aliphatic rings. The second-order valence-electron chi connectivity index (χ2n) is 4.11. The Hall–Kier alpha value is -2.18. The van der Waals surface area contributed by atoms with Crippen LogP contribution in [0.25, 0.3) is 27.1 Å². The molecule has 3 aromatic heterocycles. The van der Waals surface area contributed by atoms with Crippen molar-refractivity contribution in [3.8, 4) is 22.2 Å². The van der Waals surface area contributed by atoms with E-state index in [1.165, 1.54) is 11.3 Å². The molecule has 0 fully saturated rings. The lowest BCUT2D eigenvalue weighted by atomic mass is 10.2. The quantitative estimate of drug-likeness (QED) is 0.565. The standard InChI is InChI=1S/C13H7ClN4OS/c14-9-5-3-8(4-6-9)12-17-18-11(10-2-1-7-19-10)15-16-13(18)20-12/h1-7H. The number of hydrogen-bond donors (Lipinski definition) is 0. The van der Waals surface area contributed by atoms with Gasteiger partial charge in [-0.25, -0.2) is 0 Å². The van der Waals surface area contributed by atoms with Gasteiger partial charge < -0.3 is 4.42 Å². The molecule has 0 radical (unpaired) electrons. The second-order valence-corrected chi connectivity index (χ2v) is 5.50. The molecule has 3 heterocycles. The van der Waals surface area contributed by atoms with Crippen LogP contribution < -0.4 is 0 Å². The zero-order chi connectivity index (χ0) is 13.5. The van der Waals surface area contributed by atoms with Gasteiger partial charge in [0.05, 0.1) is 6.26 Å². The lowest BCUT2D eigenvalue weighted by Crippen LogP contribution is -1.89. The maximum Gasteiger partial charge on any atom is 0.235 e. The summed E-state index contributed by atoms with van der Waals surface area (Å²) in [4.78, 5) is 0.723. The van der Waals surface area contributed by atoms with Gasteiger partial charge in [-0.1, -0.05) is 35.1 Å². The monoisotopic (exact) mass is 302 g/mol. The van der Waals surface area contributed by atoms with Gasteiger partial charge in [0.15, 0.2) is 5.76 Å². The minimum atomic E-state index is 0.599. The van der Waals surface area contributed by atoms with Gasteiger partial charge in [-0.2, -0.15) is 9.61 Å². The first-order valence-corrected chi connectivity index (χ1v) is 7.03. The largest absolute Gasteiger partial charge is 0.461 e. The highest BCUT2D eigenvalue weighted by Gasteiger charge is 2.15. The molecule has 0 N–H and O–H groups in total. The van der Waals surface area contributed by atoms with Gasteiger partial charge >= 0.3 is 0 Å². The fraction of sp³-hybridized carbons (Fsp3) is 0. The third-order valence-electron chi connectivity index (χ3n) is 2.82. The van der Waals surface area contributed by atoms with Gasteiger partial charge in [0.2, 0.25) is 10.8 Å². The maximum atomic E-state index is 5.89. The van der Waals surface area contributed by atoms with Crippen molar-refractivity contribution in [1.82, 2.24) is 19.8 Å². The Bertz CT molecular complexity index is 864. The van der Waals surface area contributed by atoms with Crippen molar-refractivity contribution in [3.05, 3.63) is 47.7 Å². The van der Waals surface area contributed by atoms with Crippen LogP contribution in [-0.2, 0) is 0 Å². The molecule has 0 atom stereocenters. The SMILES string of the molecule is Clc1ccc(-c2nn3c(-c4ccco4)nnc3s2)cc1. The maximum absolute atomic E-state index is 5.89. The second kappa shape index (κ2) is 4.43. The van der Waals surface area contributed by atoms with E-state index in [4.69, 9.17) is 16.0 Å². The van der Waals surface area contributed by atoms with E-state index in [0.29, 0.717) is 16.6 Å². The van der Waals surface area contributed by atoms with Crippen LogP contribution >= 0.6 is 22.9 Å². The fourth-order valence-corrected chi connectivity index (χ4v) is 2.86. The van der Waals surface area contributed by atoms with Crippen LogP contribution in [0.1, 0.15) is 0 Å². The first-order chi connectivity index (χ1) is 9.81. The molecule has 0 bridgehead atoms. The van der Waals surface area contributed by atoms with E-state index in [0.717, 1.165) is 15.5 Å². The first-order valence-electron chi connectivity index (χ1n) is 5.83. The van der Waals surface area contributed by atoms with E-state index in [2.05, 4.69) is 15.3 Å². The lowest BCUT2D eigenvalue weighted by molar-refractivity contribution is 0.575. The van der Waals surface area contributed by atoms with Crippen LogP contribution in [0.3, 0.4) is 0 Å². The number of fused-ring (bicyclic) bond motifs is 1. The zero-order valence-corrected chi connectivity index (χ0v) is 11.6. The van der Waals surface area contributed by atoms with Gasteiger partial charge in [0.1, 0.15) is 5.01 Å². The molecule has 7 heteroatoms. The minimum Gasteiger partial charge on any atom is -0.461 e. The molecule has 98 valence electrons. The summed E-state index contributed by atoms with van der Waals surface area (Å²) in [6.45, 7) is 0. The third-order valence-corrected chi connectivity index (χ3v) is 4.02. The van der Waals surface area contributed by atoms with Gasteiger partial charge in [0, 0.05) is 10.6 Å². The fourth-order valence-electron chi connectivity index (χ4n) is 1.89. The number of rotatable bonds is 2.